The molecule has 132 valence electrons. The zero-order chi connectivity index (χ0) is 18.2. The lowest BCUT2D eigenvalue weighted by Crippen LogP contribution is -2.38. The van der Waals surface area contributed by atoms with Crippen LogP contribution in [0.4, 0.5) is 0 Å². The summed E-state index contributed by atoms with van der Waals surface area (Å²) in [6, 6.07) is 9.51. The molecule has 1 aromatic rings. The summed E-state index contributed by atoms with van der Waals surface area (Å²) in [6.45, 7) is 5.30. The zero-order valence-corrected chi connectivity index (χ0v) is 14.8. The standard InChI is InChI=1S/C20H24N2O3/c1-15(2)17-8-6-16(7-9-17)12-18(13-21)20(24)25-14-19(23)22-10-4-3-5-11-22/h6-9,12,15H,3-5,10-11,14H2,1-2H3/b18-12+. The largest absolute Gasteiger partial charge is 0.451 e. The first-order valence-corrected chi connectivity index (χ1v) is 8.68. The van der Waals surface area contributed by atoms with Crippen molar-refractivity contribution in [3.63, 3.8) is 0 Å². The van der Waals surface area contributed by atoms with Crippen LogP contribution in [0.2, 0.25) is 0 Å². The maximum absolute atomic E-state index is 12.1. The van der Waals surface area contributed by atoms with E-state index in [-0.39, 0.29) is 18.1 Å². The lowest BCUT2D eigenvalue weighted by molar-refractivity contribution is -0.149. The fourth-order valence-electron chi connectivity index (χ4n) is 2.72. The molecule has 0 radical (unpaired) electrons. The first-order valence-electron chi connectivity index (χ1n) is 8.68. The molecule has 1 saturated heterocycles. The Hall–Kier alpha value is -2.61. The van der Waals surface area contributed by atoms with E-state index in [1.165, 1.54) is 11.6 Å². The number of nitrogens with zero attached hydrogens (tertiary/aromatic N) is 2. The minimum absolute atomic E-state index is 0.108. The third-order valence-corrected chi connectivity index (χ3v) is 4.29. The Balaban J connectivity index is 1.95. The molecule has 0 N–H and O–H groups in total. The number of amides is 1. The highest BCUT2D eigenvalue weighted by Gasteiger charge is 2.19. The number of nitriles is 1. The van der Waals surface area contributed by atoms with Crippen molar-refractivity contribution in [1.29, 1.82) is 5.26 Å². The lowest BCUT2D eigenvalue weighted by atomic mass is 10.0. The second-order valence-corrected chi connectivity index (χ2v) is 6.51. The average molecular weight is 340 g/mol. The Bertz CT molecular complexity index is 678. The van der Waals surface area contributed by atoms with E-state index in [4.69, 9.17) is 4.74 Å². The van der Waals surface area contributed by atoms with Crippen molar-refractivity contribution < 1.29 is 14.3 Å². The molecular formula is C20H24N2O3. The minimum Gasteiger partial charge on any atom is -0.451 e. The van der Waals surface area contributed by atoms with Gasteiger partial charge in [0.15, 0.2) is 6.61 Å². The number of likely N-dealkylation sites (tertiary alicyclic amines) is 1. The van der Waals surface area contributed by atoms with E-state index in [0.29, 0.717) is 19.0 Å². The summed E-state index contributed by atoms with van der Waals surface area (Å²) in [4.78, 5) is 25.8. The van der Waals surface area contributed by atoms with Crippen LogP contribution >= 0.6 is 0 Å². The van der Waals surface area contributed by atoms with Crippen LogP contribution in [0, 0.1) is 11.3 Å². The van der Waals surface area contributed by atoms with E-state index in [1.807, 2.05) is 30.3 Å². The normalized spacial score (nSPS) is 15.0. The molecular weight excluding hydrogens is 316 g/mol. The Morgan fingerprint density at radius 3 is 2.40 bits per heavy atom. The van der Waals surface area contributed by atoms with Gasteiger partial charge in [-0.15, -0.1) is 0 Å². The number of hydrogen-bond acceptors (Lipinski definition) is 4. The van der Waals surface area contributed by atoms with Crippen LogP contribution in [0.15, 0.2) is 29.8 Å². The Morgan fingerprint density at radius 2 is 1.84 bits per heavy atom. The summed E-state index contributed by atoms with van der Waals surface area (Å²) in [5.41, 5.74) is 1.83. The Morgan fingerprint density at radius 1 is 1.20 bits per heavy atom. The summed E-state index contributed by atoms with van der Waals surface area (Å²) in [5.74, 6) is -0.549. The van der Waals surface area contributed by atoms with E-state index < -0.39 is 5.97 Å². The van der Waals surface area contributed by atoms with Crippen molar-refractivity contribution in [2.75, 3.05) is 19.7 Å². The summed E-state index contributed by atoms with van der Waals surface area (Å²) >= 11 is 0. The van der Waals surface area contributed by atoms with Crippen molar-refractivity contribution in [3.8, 4) is 6.07 Å². The van der Waals surface area contributed by atoms with Gasteiger partial charge >= 0.3 is 5.97 Å². The van der Waals surface area contributed by atoms with Crippen molar-refractivity contribution in [1.82, 2.24) is 4.90 Å². The Kier molecular flexibility index (Phi) is 6.76. The SMILES string of the molecule is CC(C)c1ccc(/C=C(\C#N)C(=O)OCC(=O)N2CCCCC2)cc1. The molecule has 1 aliphatic heterocycles. The summed E-state index contributed by atoms with van der Waals surface area (Å²) in [6.07, 6.45) is 4.57. The molecule has 1 fully saturated rings. The first-order chi connectivity index (χ1) is 12.0. The van der Waals surface area contributed by atoms with E-state index >= 15 is 0 Å². The first kappa shape index (κ1) is 18.7. The van der Waals surface area contributed by atoms with Crippen molar-refractivity contribution in [2.45, 2.75) is 39.0 Å². The van der Waals surface area contributed by atoms with Crippen LogP contribution in [0.3, 0.4) is 0 Å². The second-order valence-electron chi connectivity index (χ2n) is 6.51. The van der Waals surface area contributed by atoms with E-state index in [2.05, 4.69) is 13.8 Å². The number of carbonyl (C=O) groups excluding carboxylic acids is 2. The third-order valence-electron chi connectivity index (χ3n) is 4.29. The monoisotopic (exact) mass is 340 g/mol. The van der Waals surface area contributed by atoms with Gasteiger partial charge in [0.1, 0.15) is 11.6 Å². The number of piperidine rings is 1. The van der Waals surface area contributed by atoms with Gasteiger partial charge in [-0.2, -0.15) is 5.26 Å². The molecule has 2 rings (SSSR count). The van der Waals surface area contributed by atoms with Gasteiger partial charge < -0.3 is 9.64 Å². The van der Waals surface area contributed by atoms with Gasteiger partial charge in [-0.05, 0) is 42.4 Å². The molecule has 5 nitrogen and oxygen atoms in total. The molecule has 0 atom stereocenters. The minimum atomic E-state index is -0.763. The van der Waals surface area contributed by atoms with Gasteiger partial charge in [0, 0.05) is 13.1 Å². The van der Waals surface area contributed by atoms with Gasteiger partial charge in [0.05, 0.1) is 0 Å². The van der Waals surface area contributed by atoms with Gasteiger partial charge in [-0.25, -0.2) is 4.79 Å². The third kappa shape index (κ3) is 5.46. The summed E-state index contributed by atoms with van der Waals surface area (Å²) in [5, 5.41) is 9.20. The molecule has 0 spiro atoms. The Labute approximate surface area is 148 Å². The molecule has 0 aliphatic carbocycles. The number of carbonyl (C=O) groups is 2. The topological polar surface area (TPSA) is 70.4 Å². The highest BCUT2D eigenvalue weighted by molar-refractivity contribution is 5.98. The van der Waals surface area contributed by atoms with Crippen LogP contribution in [0.1, 0.15) is 50.2 Å². The maximum Gasteiger partial charge on any atom is 0.349 e. The van der Waals surface area contributed by atoms with Gasteiger partial charge in [0.2, 0.25) is 0 Å². The van der Waals surface area contributed by atoms with E-state index in [1.54, 1.807) is 4.90 Å². The van der Waals surface area contributed by atoms with Crippen LogP contribution < -0.4 is 0 Å². The second kappa shape index (κ2) is 9.03. The summed E-state index contributed by atoms with van der Waals surface area (Å²) < 4.78 is 5.02. The van der Waals surface area contributed by atoms with Crippen LogP contribution in [0.5, 0.6) is 0 Å². The number of esters is 1. The molecule has 0 aromatic heterocycles. The van der Waals surface area contributed by atoms with Gasteiger partial charge in [-0.3, -0.25) is 4.79 Å². The van der Waals surface area contributed by atoms with Crippen molar-refractivity contribution in [2.24, 2.45) is 0 Å². The van der Waals surface area contributed by atoms with Crippen LogP contribution in [-0.4, -0.2) is 36.5 Å². The van der Waals surface area contributed by atoms with Crippen LogP contribution in [-0.2, 0) is 14.3 Å². The molecule has 1 aromatic carbocycles. The number of hydrogen-bond donors (Lipinski definition) is 0. The quantitative estimate of drug-likeness (QED) is 0.468. The number of benzene rings is 1. The van der Waals surface area contributed by atoms with Crippen molar-refractivity contribution in [3.05, 3.63) is 41.0 Å². The molecule has 0 bridgehead atoms. The van der Waals surface area contributed by atoms with Crippen molar-refractivity contribution >= 4 is 18.0 Å². The predicted octanol–water partition coefficient (Wildman–Crippen LogP) is 3.27. The van der Waals surface area contributed by atoms with E-state index in [0.717, 1.165) is 24.8 Å². The smallest absolute Gasteiger partial charge is 0.349 e. The summed E-state index contributed by atoms with van der Waals surface area (Å²) in [7, 11) is 0. The molecule has 5 heteroatoms. The average Bonchev–Trinajstić information content (AvgIpc) is 2.64. The fourth-order valence-corrected chi connectivity index (χ4v) is 2.72. The van der Waals surface area contributed by atoms with Gasteiger partial charge in [-0.1, -0.05) is 38.1 Å². The molecule has 0 saturated carbocycles. The molecule has 0 unspecified atom stereocenters. The highest BCUT2D eigenvalue weighted by atomic mass is 16.5. The lowest BCUT2D eigenvalue weighted by Gasteiger charge is -2.26. The zero-order valence-electron chi connectivity index (χ0n) is 14.8. The van der Waals surface area contributed by atoms with Gasteiger partial charge in [0.25, 0.3) is 5.91 Å². The molecule has 1 heterocycles. The van der Waals surface area contributed by atoms with E-state index in [9.17, 15) is 14.9 Å². The number of rotatable bonds is 5. The maximum atomic E-state index is 12.1. The predicted molar refractivity (Wildman–Crippen MR) is 95.5 cm³/mol. The van der Waals surface area contributed by atoms with Crippen LogP contribution in [0.25, 0.3) is 6.08 Å². The molecule has 1 amide bonds. The molecule has 1 aliphatic rings. The fraction of sp³-hybridized carbons (Fsp3) is 0.450. The number of ether oxygens (including phenoxy) is 1. The molecule has 25 heavy (non-hydrogen) atoms. The highest BCUT2D eigenvalue weighted by Crippen LogP contribution is 2.16.